The molecule has 1 N–H and O–H groups in total. The lowest BCUT2D eigenvalue weighted by molar-refractivity contribution is -0.137. The van der Waals surface area contributed by atoms with Crippen LogP contribution in [0.15, 0.2) is 48.5 Å². The van der Waals surface area contributed by atoms with Crippen LogP contribution in [0.5, 0.6) is 0 Å². The molecule has 2 nitrogen and oxygen atoms in total. The van der Waals surface area contributed by atoms with Crippen LogP contribution >= 0.6 is 11.6 Å². The number of rotatable bonds is 3. The Morgan fingerprint density at radius 1 is 1.10 bits per heavy atom. The van der Waals surface area contributed by atoms with Gasteiger partial charge >= 0.3 is 6.18 Å². The van der Waals surface area contributed by atoms with Crippen molar-refractivity contribution in [2.75, 3.05) is 5.32 Å². The normalized spacial score (nSPS) is 11.2. The molecule has 2 aromatic rings. The van der Waals surface area contributed by atoms with Gasteiger partial charge in [-0.3, -0.25) is 4.79 Å². The number of benzene rings is 2. The molecule has 21 heavy (non-hydrogen) atoms. The van der Waals surface area contributed by atoms with E-state index in [4.69, 9.17) is 11.6 Å². The molecule has 6 heteroatoms. The average molecular weight is 314 g/mol. The first kappa shape index (κ1) is 15.4. The van der Waals surface area contributed by atoms with Gasteiger partial charge in [0.1, 0.15) is 0 Å². The summed E-state index contributed by atoms with van der Waals surface area (Å²) in [6, 6.07) is 11.7. The minimum atomic E-state index is -4.48. The van der Waals surface area contributed by atoms with Crippen LogP contribution in [0.3, 0.4) is 0 Å². The van der Waals surface area contributed by atoms with Gasteiger partial charge in [0.25, 0.3) is 0 Å². The van der Waals surface area contributed by atoms with Crippen LogP contribution in [0.25, 0.3) is 0 Å². The number of nitrogens with one attached hydrogen (secondary N) is 1. The maximum Gasteiger partial charge on any atom is 0.416 e. The fraction of sp³-hybridized carbons (Fsp3) is 0.133. The summed E-state index contributed by atoms with van der Waals surface area (Å²) in [6.45, 7) is 0. The minimum absolute atomic E-state index is 0.0487. The zero-order valence-electron chi connectivity index (χ0n) is 10.7. The molecule has 0 spiro atoms. The van der Waals surface area contributed by atoms with Crippen LogP contribution in [0.4, 0.5) is 18.9 Å². The summed E-state index contributed by atoms with van der Waals surface area (Å²) in [5, 5.41) is 2.46. The van der Waals surface area contributed by atoms with E-state index in [9.17, 15) is 18.0 Å². The maximum atomic E-state index is 12.6. The highest BCUT2D eigenvalue weighted by atomic mass is 35.5. The van der Waals surface area contributed by atoms with Crippen LogP contribution in [-0.2, 0) is 17.4 Å². The fourth-order valence-corrected chi connectivity index (χ4v) is 1.94. The van der Waals surface area contributed by atoms with Crippen LogP contribution in [0, 0.1) is 0 Å². The Bertz CT molecular complexity index is 641. The Kier molecular flexibility index (Phi) is 4.53. The van der Waals surface area contributed by atoms with Crippen molar-refractivity contribution in [2.45, 2.75) is 12.6 Å². The highest BCUT2D eigenvalue weighted by Crippen LogP contribution is 2.33. The van der Waals surface area contributed by atoms with Crippen LogP contribution in [-0.4, -0.2) is 5.91 Å². The lowest BCUT2D eigenvalue weighted by Crippen LogP contribution is -2.15. The van der Waals surface area contributed by atoms with Crippen molar-refractivity contribution < 1.29 is 18.0 Å². The zero-order valence-corrected chi connectivity index (χ0v) is 11.5. The third kappa shape index (κ3) is 4.23. The van der Waals surface area contributed by atoms with E-state index < -0.39 is 17.6 Å². The Morgan fingerprint density at radius 3 is 2.38 bits per heavy atom. The summed E-state index contributed by atoms with van der Waals surface area (Å²) in [5.74, 6) is -0.428. The predicted molar refractivity (Wildman–Crippen MR) is 75.2 cm³/mol. The summed E-state index contributed by atoms with van der Waals surface area (Å²) in [5.41, 5.74) is -0.146. The average Bonchev–Trinajstić information content (AvgIpc) is 2.41. The maximum absolute atomic E-state index is 12.6. The first-order valence-electron chi connectivity index (χ1n) is 6.07. The second kappa shape index (κ2) is 6.18. The van der Waals surface area contributed by atoms with Crippen molar-refractivity contribution in [3.05, 3.63) is 64.7 Å². The minimum Gasteiger partial charge on any atom is -0.324 e. The SMILES string of the molecule is O=C(Cc1ccccc1)Nc1cc(C(F)(F)F)ccc1Cl. The second-order valence-electron chi connectivity index (χ2n) is 4.40. The van der Waals surface area contributed by atoms with Crippen molar-refractivity contribution in [1.29, 1.82) is 0 Å². The molecule has 110 valence electrons. The highest BCUT2D eigenvalue weighted by molar-refractivity contribution is 6.33. The van der Waals surface area contributed by atoms with Gasteiger partial charge in [-0.2, -0.15) is 13.2 Å². The molecule has 2 rings (SSSR count). The molecule has 0 aliphatic carbocycles. The highest BCUT2D eigenvalue weighted by Gasteiger charge is 2.31. The summed E-state index contributed by atoms with van der Waals surface area (Å²) >= 11 is 5.81. The molecular weight excluding hydrogens is 303 g/mol. The number of hydrogen-bond donors (Lipinski definition) is 1. The van der Waals surface area contributed by atoms with Crippen molar-refractivity contribution in [3.63, 3.8) is 0 Å². The largest absolute Gasteiger partial charge is 0.416 e. The fourth-order valence-electron chi connectivity index (χ4n) is 1.77. The van der Waals surface area contributed by atoms with E-state index in [0.717, 1.165) is 23.8 Å². The topological polar surface area (TPSA) is 29.1 Å². The number of anilines is 1. The Labute approximate surface area is 124 Å². The third-order valence-electron chi connectivity index (χ3n) is 2.78. The molecule has 0 radical (unpaired) electrons. The number of carbonyl (C=O) groups is 1. The molecule has 0 heterocycles. The first-order valence-corrected chi connectivity index (χ1v) is 6.44. The van der Waals surface area contributed by atoms with E-state index in [1.807, 2.05) is 6.07 Å². The third-order valence-corrected chi connectivity index (χ3v) is 3.10. The van der Waals surface area contributed by atoms with Gasteiger partial charge in [0.2, 0.25) is 5.91 Å². The number of alkyl halides is 3. The van der Waals surface area contributed by atoms with Gasteiger partial charge in [0.15, 0.2) is 0 Å². The van der Waals surface area contributed by atoms with Gasteiger partial charge in [-0.1, -0.05) is 41.9 Å². The molecule has 1 amide bonds. The lowest BCUT2D eigenvalue weighted by atomic mass is 10.1. The van der Waals surface area contributed by atoms with Crippen molar-refractivity contribution in [1.82, 2.24) is 0 Å². The van der Waals surface area contributed by atoms with E-state index in [0.29, 0.717) is 0 Å². The molecule has 0 bridgehead atoms. The monoisotopic (exact) mass is 313 g/mol. The summed E-state index contributed by atoms with van der Waals surface area (Å²) in [6.07, 6.45) is -4.42. The van der Waals surface area contributed by atoms with Crippen molar-refractivity contribution >= 4 is 23.2 Å². The molecule has 2 aromatic carbocycles. The number of carbonyl (C=O) groups excluding carboxylic acids is 1. The van der Waals surface area contributed by atoms with E-state index in [1.54, 1.807) is 24.3 Å². The Morgan fingerprint density at radius 2 is 1.76 bits per heavy atom. The van der Waals surface area contributed by atoms with Gasteiger partial charge in [-0.25, -0.2) is 0 Å². The predicted octanol–water partition coefficient (Wildman–Crippen LogP) is 4.54. The second-order valence-corrected chi connectivity index (χ2v) is 4.81. The number of amides is 1. The first-order chi connectivity index (χ1) is 9.86. The molecule has 0 fully saturated rings. The lowest BCUT2D eigenvalue weighted by Gasteiger charge is -2.11. The van der Waals surface area contributed by atoms with E-state index in [-0.39, 0.29) is 17.1 Å². The van der Waals surface area contributed by atoms with Crippen LogP contribution in [0.2, 0.25) is 5.02 Å². The summed E-state index contributed by atoms with van der Waals surface area (Å²) < 4.78 is 37.9. The van der Waals surface area contributed by atoms with Crippen molar-refractivity contribution in [3.8, 4) is 0 Å². The van der Waals surface area contributed by atoms with E-state index >= 15 is 0 Å². The molecule has 0 atom stereocenters. The summed E-state index contributed by atoms with van der Waals surface area (Å²) in [7, 11) is 0. The van der Waals surface area contributed by atoms with Crippen LogP contribution in [0.1, 0.15) is 11.1 Å². The van der Waals surface area contributed by atoms with Gasteiger partial charge in [-0.05, 0) is 23.8 Å². The van der Waals surface area contributed by atoms with Crippen molar-refractivity contribution in [2.24, 2.45) is 0 Å². The Hall–Kier alpha value is -2.01. The number of hydrogen-bond acceptors (Lipinski definition) is 1. The van der Waals surface area contributed by atoms with Crippen LogP contribution < -0.4 is 5.32 Å². The molecule has 0 unspecified atom stereocenters. The Balaban J connectivity index is 2.14. The molecule has 0 saturated carbocycles. The standard InChI is InChI=1S/C15H11ClF3NO/c16-12-7-6-11(15(17,18)19)9-13(12)20-14(21)8-10-4-2-1-3-5-10/h1-7,9H,8H2,(H,20,21). The molecular formula is C15H11ClF3NO. The quantitative estimate of drug-likeness (QED) is 0.885. The number of halogens is 4. The molecule has 0 aliphatic rings. The van der Waals surface area contributed by atoms with E-state index in [2.05, 4.69) is 5.32 Å². The van der Waals surface area contributed by atoms with Gasteiger partial charge < -0.3 is 5.32 Å². The zero-order chi connectivity index (χ0) is 15.5. The van der Waals surface area contributed by atoms with Gasteiger partial charge in [0.05, 0.1) is 22.7 Å². The molecule has 0 aromatic heterocycles. The smallest absolute Gasteiger partial charge is 0.324 e. The molecule has 0 aliphatic heterocycles. The summed E-state index contributed by atoms with van der Waals surface area (Å²) in [4.78, 5) is 11.8. The van der Waals surface area contributed by atoms with E-state index in [1.165, 1.54) is 0 Å². The van der Waals surface area contributed by atoms with Gasteiger partial charge in [0, 0.05) is 0 Å². The van der Waals surface area contributed by atoms with Gasteiger partial charge in [-0.15, -0.1) is 0 Å². The molecule has 0 saturated heterocycles.